The number of halogens is 2. The number of hydrogen-bond donors (Lipinski definition) is 3. The van der Waals surface area contributed by atoms with Crippen LogP contribution in [0.4, 0.5) is 4.79 Å². The third kappa shape index (κ3) is 3.24. The summed E-state index contributed by atoms with van der Waals surface area (Å²) in [4.78, 5) is 10.4. The first-order chi connectivity index (χ1) is 7.97. The van der Waals surface area contributed by atoms with Gasteiger partial charge in [-0.3, -0.25) is 0 Å². The van der Waals surface area contributed by atoms with Crippen LogP contribution in [0.2, 0.25) is 5.02 Å². The summed E-state index contributed by atoms with van der Waals surface area (Å²) in [6.45, 7) is 0. The molecule has 0 aliphatic carbocycles. The molecule has 0 aromatic heterocycles. The van der Waals surface area contributed by atoms with Crippen molar-refractivity contribution in [2.24, 2.45) is 10.8 Å². The quantitative estimate of drug-likeness (QED) is 0.585. The smallest absolute Gasteiger partial charge is 0.332 e. The second-order valence-corrected chi connectivity index (χ2v) is 4.05. The van der Waals surface area contributed by atoms with Gasteiger partial charge in [-0.15, -0.1) is 0 Å². The zero-order chi connectivity index (χ0) is 13.0. The topological polar surface area (TPSA) is 96.9 Å². The van der Waals surface area contributed by atoms with Gasteiger partial charge in [0.15, 0.2) is 11.5 Å². The van der Waals surface area contributed by atoms with Crippen LogP contribution in [0.3, 0.4) is 0 Å². The number of hydrogen-bond acceptors (Lipinski definition) is 4. The zero-order valence-electron chi connectivity index (χ0n) is 8.70. The molecule has 0 unspecified atom stereocenters. The molecule has 6 nitrogen and oxygen atoms in total. The SMILES string of the molecule is COc1cc(C=NNC(N)=O)c(Cl)c(Br)c1O. The van der Waals surface area contributed by atoms with Gasteiger partial charge in [-0.25, -0.2) is 10.2 Å². The molecule has 0 bridgehead atoms. The van der Waals surface area contributed by atoms with E-state index in [1.807, 2.05) is 5.43 Å². The van der Waals surface area contributed by atoms with Crippen LogP contribution in [0, 0.1) is 0 Å². The summed E-state index contributed by atoms with van der Waals surface area (Å²) < 4.78 is 5.21. The van der Waals surface area contributed by atoms with Crippen molar-refractivity contribution >= 4 is 39.8 Å². The normalized spacial score (nSPS) is 10.5. The molecule has 17 heavy (non-hydrogen) atoms. The Morgan fingerprint density at radius 2 is 2.41 bits per heavy atom. The Bertz CT molecular complexity index is 479. The third-order valence-corrected chi connectivity index (χ3v) is 3.18. The predicted octanol–water partition coefficient (Wildman–Crippen LogP) is 1.82. The monoisotopic (exact) mass is 321 g/mol. The minimum atomic E-state index is -0.790. The highest BCUT2D eigenvalue weighted by molar-refractivity contribution is 9.10. The van der Waals surface area contributed by atoms with E-state index in [0.29, 0.717) is 5.56 Å². The lowest BCUT2D eigenvalue weighted by atomic mass is 10.2. The minimum Gasteiger partial charge on any atom is -0.503 e. The van der Waals surface area contributed by atoms with E-state index in [4.69, 9.17) is 22.1 Å². The fraction of sp³-hybridized carbons (Fsp3) is 0.111. The fourth-order valence-electron chi connectivity index (χ4n) is 1.03. The predicted molar refractivity (Wildman–Crippen MR) is 67.7 cm³/mol. The Kier molecular flexibility index (Phi) is 4.59. The maximum atomic E-state index is 10.4. The first-order valence-electron chi connectivity index (χ1n) is 4.30. The van der Waals surface area contributed by atoms with Crippen molar-refractivity contribution in [2.45, 2.75) is 0 Å². The zero-order valence-corrected chi connectivity index (χ0v) is 11.0. The van der Waals surface area contributed by atoms with Crippen LogP contribution in [0.1, 0.15) is 5.56 Å². The Labute approximate surface area is 111 Å². The Balaban J connectivity index is 3.12. The highest BCUT2D eigenvalue weighted by atomic mass is 79.9. The molecule has 1 aromatic carbocycles. The number of ether oxygens (including phenoxy) is 1. The van der Waals surface area contributed by atoms with Crippen molar-refractivity contribution in [3.05, 3.63) is 21.1 Å². The van der Waals surface area contributed by atoms with Crippen molar-refractivity contribution in [1.82, 2.24) is 5.43 Å². The largest absolute Gasteiger partial charge is 0.503 e. The van der Waals surface area contributed by atoms with E-state index in [1.165, 1.54) is 19.4 Å². The van der Waals surface area contributed by atoms with Gasteiger partial charge in [-0.1, -0.05) is 11.6 Å². The molecule has 0 radical (unpaired) electrons. The lowest BCUT2D eigenvalue weighted by Crippen LogP contribution is -2.24. The van der Waals surface area contributed by atoms with Crippen molar-refractivity contribution in [1.29, 1.82) is 0 Å². The van der Waals surface area contributed by atoms with Crippen LogP contribution in [0.25, 0.3) is 0 Å². The van der Waals surface area contributed by atoms with E-state index >= 15 is 0 Å². The van der Waals surface area contributed by atoms with Gasteiger partial charge in [0.25, 0.3) is 0 Å². The van der Waals surface area contributed by atoms with Crippen molar-refractivity contribution in [3.8, 4) is 11.5 Å². The lowest BCUT2D eigenvalue weighted by molar-refractivity contribution is 0.249. The van der Waals surface area contributed by atoms with Crippen molar-refractivity contribution in [3.63, 3.8) is 0 Å². The minimum absolute atomic E-state index is 0.113. The lowest BCUT2D eigenvalue weighted by Gasteiger charge is -2.08. The molecule has 0 fully saturated rings. The van der Waals surface area contributed by atoms with E-state index in [2.05, 4.69) is 21.0 Å². The number of nitrogens with two attached hydrogens (primary N) is 1. The Hall–Kier alpha value is -1.47. The van der Waals surface area contributed by atoms with E-state index in [-0.39, 0.29) is 21.0 Å². The number of rotatable bonds is 3. The van der Waals surface area contributed by atoms with E-state index in [1.54, 1.807) is 0 Å². The van der Waals surface area contributed by atoms with Crippen LogP contribution < -0.4 is 15.9 Å². The van der Waals surface area contributed by atoms with E-state index in [0.717, 1.165) is 0 Å². The number of amides is 2. The summed E-state index contributed by atoms with van der Waals surface area (Å²) in [5.41, 5.74) is 7.30. The maximum Gasteiger partial charge on any atom is 0.332 e. The number of hydrazone groups is 1. The average molecular weight is 323 g/mol. The fourth-order valence-corrected chi connectivity index (χ4v) is 1.64. The first kappa shape index (κ1) is 13.6. The molecule has 0 saturated carbocycles. The standard InChI is InChI=1S/C9H9BrClN3O3/c1-17-5-2-4(3-13-14-9(12)16)7(11)6(10)8(5)15/h2-3,15H,1H3,(H3,12,14,16). The van der Waals surface area contributed by atoms with E-state index < -0.39 is 6.03 Å². The van der Waals surface area contributed by atoms with Gasteiger partial charge in [0.05, 0.1) is 22.8 Å². The maximum absolute atomic E-state index is 10.4. The Morgan fingerprint density at radius 1 is 1.76 bits per heavy atom. The third-order valence-electron chi connectivity index (χ3n) is 1.77. The molecule has 0 atom stereocenters. The molecule has 2 amide bonds. The van der Waals surface area contributed by atoms with Gasteiger partial charge in [0.2, 0.25) is 0 Å². The van der Waals surface area contributed by atoms with E-state index in [9.17, 15) is 9.90 Å². The average Bonchev–Trinajstić information content (AvgIpc) is 2.29. The molecule has 4 N–H and O–H groups in total. The van der Waals surface area contributed by atoms with Crippen molar-refractivity contribution in [2.75, 3.05) is 7.11 Å². The summed E-state index contributed by atoms with van der Waals surface area (Å²) in [5, 5.41) is 13.4. The van der Waals surface area contributed by atoms with Gasteiger partial charge in [-0.05, 0) is 22.0 Å². The molecular formula is C9H9BrClN3O3. The summed E-state index contributed by atoms with van der Waals surface area (Å²) >= 11 is 9.05. The number of benzene rings is 1. The molecule has 0 aliphatic rings. The Morgan fingerprint density at radius 3 is 2.94 bits per heavy atom. The number of aromatic hydroxyl groups is 1. The van der Waals surface area contributed by atoms with Crippen LogP contribution in [-0.4, -0.2) is 24.5 Å². The number of carbonyl (C=O) groups excluding carboxylic acids is 1. The molecule has 1 rings (SSSR count). The number of phenolic OH excluding ortho intramolecular Hbond substituents is 1. The highest BCUT2D eigenvalue weighted by Gasteiger charge is 2.13. The molecule has 0 spiro atoms. The molecular weight excluding hydrogens is 313 g/mol. The molecule has 0 heterocycles. The highest BCUT2D eigenvalue weighted by Crippen LogP contribution is 2.40. The number of primary amides is 1. The second kappa shape index (κ2) is 5.74. The van der Waals surface area contributed by atoms with Gasteiger partial charge in [-0.2, -0.15) is 5.10 Å². The van der Waals surface area contributed by atoms with Gasteiger partial charge >= 0.3 is 6.03 Å². The first-order valence-corrected chi connectivity index (χ1v) is 5.48. The number of methoxy groups -OCH3 is 1. The number of phenols is 1. The molecule has 92 valence electrons. The van der Waals surface area contributed by atoms with Crippen molar-refractivity contribution < 1.29 is 14.6 Å². The molecule has 0 saturated heterocycles. The number of nitrogens with one attached hydrogen (secondary N) is 1. The van der Waals surface area contributed by atoms with Crippen LogP contribution in [0.15, 0.2) is 15.6 Å². The van der Waals surface area contributed by atoms with Crippen LogP contribution in [0.5, 0.6) is 11.5 Å². The summed E-state index contributed by atoms with van der Waals surface area (Å²) in [6, 6.07) is 0.677. The summed E-state index contributed by atoms with van der Waals surface area (Å²) in [5.74, 6) is 0.110. The molecule has 0 aliphatic heterocycles. The van der Waals surface area contributed by atoms with Gasteiger partial charge in [0.1, 0.15) is 0 Å². The van der Waals surface area contributed by atoms with Crippen LogP contribution in [-0.2, 0) is 0 Å². The number of carbonyl (C=O) groups is 1. The molecule has 1 aromatic rings. The molecule has 8 heteroatoms. The number of urea groups is 1. The van der Waals surface area contributed by atoms with Gasteiger partial charge < -0.3 is 15.6 Å². The van der Waals surface area contributed by atoms with Crippen LogP contribution >= 0.6 is 27.5 Å². The second-order valence-electron chi connectivity index (χ2n) is 2.88. The van der Waals surface area contributed by atoms with Gasteiger partial charge in [0, 0.05) is 5.56 Å². The number of nitrogens with zero attached hydrogens (tertiary/aromatic N) is 1. The summed E-state index contributed by atoms with van der Waals surface area (Å²) in [7, 11) is 1.40. The summed E-state index contributed by atoms with van der Waals surface area (Å²) in [6.07, 6.45) is 1.28.